The van der Waals surface area contributed by atoms with Crippen LogP contribution in [-0.4, -0.2) is 49.1 Å². The van der Waals surface area contributed by atoms with Crippen molar-refractivity contribution in [2.24, 2.45) is 5.73 Å². The number of nitrogens with zero attached hydrogens (tertiary/aromatic N) is 1. The lowest BCUT2D eigenvalue weighted by Crippen LogP contribution is -2.43. The Hall–Kier alpha value is -1.20. The summed E-state index contributed by atoms with van der Waals surface area (Å²) in [5.41, 5.74) is 7.02. The molecule has 0 fully saturated rings. The molecule has 0 saturated heterocycles. The Labute approximate surface area is 125 Å². The van der Waals surface area contributed by atoms with Crippen LogP contribution in [0.25, 0.3) is 0 Å². The third kappa shape index (κ3) is 5.84. The molecule has 0 heterocycles. The number of benzene rings is 1. The number of carbonyl (C=O) groups excluding carboxylic acids is 1. The Kier molecular flexibility index (Phi) is 7.47. The van der Waals surface area contributed by atoms with Crippen LogP contribution in [0.2, 0.25) is 0 Å². The van der Waals surface area contributed by atoms with E-state index < -0.39 is 6.04 Å². The van der Waals surface area contributed by atoms with E-state index in [4.69, 9.17) is 10.5 Å². The summed E-state index contributed by atoms with van der Waals surface area (Å²) in [5, 5.41) is 0. The standard InChI is InChI=1S/C15H24N2O2S/c1-12-5-4-6-13(11-12)19-9-8-17(2)15(18)14(16)7-10-20-3/h4-6,11,14H,7-10,16H2,1-3H3/t14-/m1/s1. The highest BCUT2D eigenvalue weighted by molar-refractivity contribution is 7.98. The molecule has 5 heteroatoms. The van der Waals surface area contributed by atoms with Crippen molar-refractivity contribution in [1.29, 1.82) is 0 Å². The van der Waals surface area contributed by atoms with Gasteiger partial charge in [-0.05, 0) is 43.0 Å². The molecule has 0 aliphatic heterocycles. The van der Waals surface area contributed by atoms with Crippen molar-refractivity contribution in [3.8, 4) is 5.75 Å². The van der Waals surface area contributed by atoms with E-state index in [1.807, 2.05) is 37.4 Å². The summed E-state index contributed by atoms with van der Waals surface area (Å²) in [5.74, 6) is 1.71. The van der Waals surface area contributed by atoms with E-state index in [1.165, 1.54) is 0 Å². The highest BCUT2D eigenvalue weighted by Crippen LogP contribution is 2.12. The van der Waals surface area contributed by atoms with Crippen molar-refractivity contribution in [3.63, 3.8) is 0 Å². The Morgan fingerprint density at radius 3 is 2.90 bits per heavy atom. The molecule has 112 valence electrons. The van der Waals surface area contributed by atoms with Crippen LogP contribution in [0.5, 0.6) is 5.75 Å². The maximum Gasteiger partial charge on any atom is 0.239 e. The molecule has 0 radical (unpaired) electrons. The van der Waals surface area contributed by atoms with Gasteiger partial charge in [-0.15, -0.1) is 0 Å². The Morgan fingerprint density at radius 2 is 2.25 bits per heavy atom. The van der Waals surface area contributed by atoms with Crippen LogP contribution in [0.15, 0.2) is 24.3 Å². The summed E-state index contributed by atoms with van der Waals surface area (Å²) >= 11 is 1.70. The third-order valence-corrected chi connectivity index (χ3v) is 3.66. The number of carbonyl (C=O) groups is 1. The van der Waals surface area contributed by atoms with Gasteiger partial charge in [0.25, 0.3) is 0 Å². The number of hydrogen-bond acceptors (Lipinski definition) is 4. The van der Waals surface area contributed by atoms with Crippen molar-refractivity contribution >= 4 is 17.7 Å². The molecule has 1 aromatic rings. The summed E-state index contributed by atoms with van der Waals surface area (Å²) in [6.45, 7) is 3.04. The lowest BCUT2D eigenvalue weighted by atomic mass is 10.2. The molecule has 1 aromatic carbocycles. The Balaban J connectivity index is 2.32. The van der Waals surface area contributed by atoms with Gasteiger partial charge >= 0.3 is 0 Å². The monoisotopic (exact) mass is 296 g/mol. The first-order valence-electron chi connectivity index (χ1n) is 6.73. The van der Waals surface area contributed by atoms with Crippen molar-refractivity contribution in [3.05, 3.63) is 29.8 Å². The number of aryl methyl sites for hydroxylation is 1. The summed E-state index contributed by atoms with van der Waals surface area (Å²) in [4.78, 5) is 13.6. The van der Waals surface area contributed by atoms with Gasteiger partial charge in [0.15, 0.2) is 0 Å². The number of thioether (sulfide) groups is 1. The van der Waals surface area contributed by atoms with E-state index in [0.717, 1.165) is 17.1 Å². The van der Waals surface area contributed by atoms with Gasteiger partial charge < -0.3 is 15.4 Å². The van der Waals surface area contributed by atoms with E-state index in [2.05, 4.69) is 0 Å². The zero-order chi connectivity index (χ0) is 15.0. The average molecular weight is 296 g/mol. The van der Waals surface area contributed by atoms with Crippen molar-refractivity contribution in [2.75, 3.05) is 32.2 Å². The number of hydrogen-bond donors (Lipinski definition) is 1. The Bertz CT molecular complexity index is 426. The van der Waals surface area contributed by atoms with E-state index >= 15 is 0 Å². The van der Waals surface area contributed by atoms with Gasteiger partial charge in [0.2, 0.25) is 5.91 Å². The van der Waals surface area contributed by atoms with E-state index in [0.29, 0.717) is 19.6 Å². The molecule has 0 aromatic heterocycles. The number of rotatable bonds is 8. The number of amides is 1. The highest BCUT2D eigenvalue weighted by Gasteiger charge is 2.17. The minimum absolute atomic E-state index is 0.0214. The van der Waals surface area contributed by atoms with Crippen LogP contribution in [0.3, 0.4) is 0 Å². The van der Waals surface area contributed by atoms with Crippen LogP contribution >= 0.6 is 11.8 Å². The van der Waals surface area contributed by atoms with Crippen LogP contribution < -0.4 is 10.5 Å². The minimum atomic E-state index is -0.411. The van der Waals surface area contributed by atoms with Crippen LogP contribution in [-0.2, 0) is 4.79 Å². The lowest BCUT2D eigenvalue weighted by molar-refractivity contribution is -0.131. The maximum absolute atomic E-state index is 12.0. The molecule has 0 spiro atoms. The summed E-state index contributed by atoms with van der Waals surface area (Å²) < 4.78 is 5.63. The quantitative estimate of drug-likeness (QED) is 0.796. The molecule has 1 atom stereocenters. The predicted octanol–water partition coefficient (Wildman–Crippen LogP) is 1.91. The second-order valence-electron chi connectivity index (χ2n) is 4.81. The lowest BCUT2D eigenvalue weighted by Gasteiger charge is -2.21. The molecule has 4 nitrogen and oxygen atoms in total. The van der Waals surface area contributed by atoms with Gasteiger partial charge in [-0.3, -0.25) is 4.79 Å². The summed E-state index contributed by atoms with van der Waals surface area (Å²) in [6.07, 6.45) is 2.72. The molecular formula is C15H24N2O2S. The molecule has 1 rings (SSSR count). The molecule has 0 aliphatic carbocycles. The van der Waals surface area contributed by atoms with Gasteiger partial charge in [0.1, 0.15) is 12.4 Å². The molecule has 0 unspecified atom stereocenters. The van der Waals surface area contributed by atoms with Crippen LogP contribution in [0, 0.1) is 6.92 Å². The van der Waals surface area contributed by atoms with Gasteiger partial charge in [-0.25, -0.2) is 0 Å². The topological polar surface area (TPSA) is 55.6 Å². The summed E-state index contributed by atoms with van der Waals surface area (Å²) in [7, 11) is 1.76. The molecule has 20 heavy (non-hydrogen) atoms. The highest BCUT2D eigenvalue weighted by atomic mass is 32.2. The molecular weight excluding hydrogens is 272 g/mol. The normalized spacial score (nSPS) is 12.0. The van der Waals surface area contributed by atoms with Gasteiger partial charge in [0.05, 0.1) is 12.6 Å². The van der Waals surface area contributed by atoms with E-state index in [1.54, 1.807) is 23.7 Å². The predicted molar refractivity (Wildman–Crippen MR) is 85.3 cm³/mol. The van der Waals surface area contributed by atoms with Gasteiger partial charge in [0, 0.05) is 7.05 Å². The second kappa shape index (κ2) is 8.87. The fourth-order valence-corrected chi connectivity index (χ4v) is 2.26. The van der Waals surface area contributed by atoms with E-state index in [9.17, 15) is 4.79 Å². The summed E-state index contributed by atoms with van der Waals surface area (Å²) in [6, 6.07) is 7.46. The maximum atomic E-state index is 12.0. The van der Waals surface area contributed by atoms with Gasteiger partial charge in [-0.2, -0.15) is 11.8 Å². The van der Waals surface area contributed by atoms with Crippen molar-refractivity contribution in [1.82, 2.24) is 4.90 Å². The fraction of sp³-hybridized carbons (Fsp3) is 0.533. The third-order valence-electron chi connectivity index (χ3n) is 3.01. The molecule has 0 bridgehead atoms. The first-order valence-corrected chi connectivity index (χ1v) is 8.13. The Morgan fingerprint density at radius 1 is 1.50 bits per heavy atom. The molecule has 1 amide bonds. The smallest absolute Gasteiger partial charge is 0.239 e. The minimum Gasteiger partial charge on any atom is -0.492 e. The first kappa shape index (κ1) is 16.9. The van der Waals surface area contributed by atoms with Crippen LogP contribution in [0.4, 0.5) is 0 Å². The number of likely N-dealkylation sites (N-methyl/N-ethyl adjacent to an activating group) is 1. The molecule has 2 N–H and O–H groups in total. The van der Waals surface area contributed by atoms with Gasteiger partial charge in [-0.1, -0.05) is 12.1 Å². The number of ether oxygens (including phenoxy) is 1. The fourth-order valence-electron chi connectivity index (χ4n) is 1.77. The van der Waals surface area contributed by atoms with Crippen molar-refractivity contribution < 1.29 is 9.53 Å². The SMILES string of the molecule is CSCC[C@@H](N)C(=O)N(C)CCOc1cccc(C)c1. The van der Waals surface area contributed by atoms with Crippen LogP contribution in [0.1, 0.15) is 12.0 Å². The zero-order valence-corrected chi connectivity index (χ0v) is 13.3. The zero-order valence-electron chi connectivity index (χ0n) is 12.5. The second-order valence-corrected chi connectivity index (χ2v) is 5.80. The first-order chi connectivity index (χ1) is 9.54. The molecule has 0 saturated carbocycles. The average Bonchev–Trinajstić information content (AvgIpc) is 2.43. The van der Waals surface area contributed by atoms with E-state index in [-0.39, 0.29) is 5.91 Å². The van der Waals surface area contributed by atoms with Crippen molar-refractivity contribution in [2.45, 2.75) is 19.4 Å². The largest absolute Gasteiger partial charge is 0.492 e. The molecule has 0 aliphatic rings. The number of nitrogens with two attached hydrogens (primary N) is 1.